The summed E-state index contributed by atoms with van der Waals surface area (Å²) in [5.41, 5.74) is 1.07. The minimum absolute atomic E-state index is 0.303. The number of anilines is 1. The molecule has 98 valence electrons. The zero-order valence-corrected chi connectivity index (χ0v) is 12.3. The quantitative estimate of drug-likeness (QED) is 0.880. The standard InChI is InChI=1S/C14H21N3S/c1-10(2)8-17-9-11(3)15-14(17)16-12(4)13-6-5-7-18-13/h5-7,9-10,12H,8H2,1-4H3,(H,15,16). The molecule has 0 aliphatic heterocycles. The highest BCUT2D eigenvalue weighted by atomic mass is 32.1. The second-order valence-corrected chi connectivity index (χ2v) is 6.11. The van der Waals surface area contributed by atoms with E-state index in [4.69, 9.17) is 0 Å². The van der Waals surface area contributed by atoms with Crippen molar-refractivity contribution in [1.82, 2.24) is 9.55 Å². The second kappa shape index (κ2) is 5.57. The van der Waals surface area contributed by atoms with Crippen LogP contribution < -0.4 is 5.32 Å². The van der Waals surface area contributed by atoms with Crippen LogP contribution in [0.5, 0.6) is 0 Å². The molecule has 0 bridgehead atoms. The molecule has 2 aromatic heterocycles. The Balaban J connectivity index is 2.13. The summed E-state index contributed by atoms with van der Waals surface area (Å²) in [6.45, 7) is 9.66. The molecule has 0 amide bonds. The van der Waals surface area contributed by atoms with Gasteiger partial charge >= 0.3 is 0 Å². The minimum atomic E-state index is 0.303. The summed E-state index contributed by atoms with van der Waals surface area (Å²) in [6, 6.07) is 4.55. The topological polar surface area (TPSA) is 29.9 Å². The van der Waals surface area contributed by atoms with Gasteiger partial charge in [-0.1, -0.05) is 19.9 Å². The smallest absolute Gasteiger partial charge is 0.203 e. The maximum absolute atomic E-state index is 4.57. The van der Waals surface area contributed by atoms with Gasteiger partial charge in [-0.25, -0.2) is 4.98 Å². The first kappa shape index (κ1) is 13.1. The predicted molar refractivity (Wildman–Crippen MR) is 78.2 cm³/mol. The van der Waals surface area contributed by atoms with E-state index in [0.717, 1.165) is 18.2 Å². The third kappa shape index (κ3) is 3.13. The van der Waals surface area contributed by atoms with Crippen LogP contribution in [0.1, 0.15) is 37.4 Å². The number of imidazole rings is 1. The summed E-state index contributed by atoms with van der Waals surface area (Å²) in [6.07, 6.45) is 2.11. The zero-order valence-electron chi connectivity index (χ0n) is 11.5. The Hall–Kier alpha value is -1.29. The van der Waals surface area contributed by atoms with Gasteiger partial charge in [0.15, 0.2) is 0 Å². The average molecular weight is 263 g/mol. The van der Waals surface area contributed by atoms with Crippen LogP contribution in [0.3, 0.4) is 0 Å². The molecule has 1 atom stereocenters. The van der Waals surface area contributed by atoms with E-state index in [-0.39, 0.29) is 0 Å². The molecule has 1 N–H and O–H groups in total. The summed E-state index contributed by atoms with van der Waals surface area (Å²) in [7, 11) is 0. The van der Waals surface area contributed by atoms with Gasteiger partial charge in [-0.3, -0.25) is 0 Å². The Morgan fingerprint density at radius 2 is 2.17 bits per heavy atom. The van der Waals surface area contributed by atoms with E-state index in [0.29, 0.717) is 12.0 Å². The lowest BCUT2D eigenvalue weighted by Crippen LogP contribution is -2.12. The van der Waals surface area contributed by atoms with Crippen LogP contribution in [0.4, 0.5) is 5.95 Å². The van der Waals surface area contributed by atoms with Crippen molar-refractivity contribution in [3.63, 3.8) is 0 Å². The molecule has 0 aliphatic rings. The summed E-state index contributed by atoms with van der Waals surface area (Å²) < 4.78 is 2.21. The first-order valence-corrected chi connectivity index (χ1v) is 7.28. The third-order valence-corrected chi connectivity index (χ3v) is 3.83. The molecule has 0 aromatic carbocycles. The molecule has 0 radical (unpaired) electrons. The largest absolute Gasteiger partial charge is 0.348 e. The molecule has 2 aromatic rings. The molecule has 0 spiro atoms. The molecule has 18 heavy (non-hydrogen) atoms. The minimum Gasteiger partial charge on any atom is -0.348 e. The van der Waals surface area contributed by atoms with Crippen LogP contribution in [0, 0.1) is 12.8 Å². The van der Waals surface area contributed by atoms with Crippen molar-refractivity contribution in [3.8, 4) is 0 Å². The van der Waals surface area contributed by atoms with Crippen LogP contribution in [0.15, 0.2) is 23.7 Å². The number of nitrogens with one attached hydrogen (secondary N) is 1. The zero-order chi connectivity index (χ0) is 13.1. The molecule has 3 nitrogen and oxygen atoms in total. The number of nitrogens with zero attached hydrogens (tertiary/aromatic N) is 2. The van der Waals surface area contributed by atoms with Crippen molar-refractivity contribution in [1.29, 1.82) is 0 Å². The Kier molecular flexibility index (Phi) is 4.07. The summed E-state index contributed by atoms with van der Waals surface area (Å²) in [4.78, 5) is 5.91. The van der Waals surface area contributed by atoms with Gasteiger partial charge in [0.2, 0.25) is 5.95 Å². The predicted octanol–water partition coefficient (Wildman–Crippen LogP) is 4.08. The first-order valence-electron chi connectivity index (χ1n) is 6.40. The lowest BCUT2D eigenvalue weighted by Gasteiger charge is -2.15. The average Bonchev–Trinajstić information content (AvgIpc) is 2.88. The van der Waals surface area contributed by atoms with Crippen LogP contribution in [-0.4, -0.2) is 9.55 Å². The van der Waals surface area contributed by atoms with Crippen molar-refractivity contribution in [2.75, 3.05) is 5.32 Å². The van der Waals surface area contributed by atoms with Crippen LogP contribution in [0.2, 0.25) is 0 Å². The normalized spacial score (nSPS) is 12.9. The van der Waals surface area contributed by atoms with Gasteiger partial charge in [0.1, 0.15) is 0 Å². The van der Waals surface area contributed by atoms with Gasteiger partial charge in [-0.05, 0) is 31.2 Å². The van der Waals surface area contributed by atoms with Gasteiger partial charge in [0, 0.05) is 17.6 Å². The van der Waals surface area contributed by atoms with E-state index in [2.05, 4.69) is 59.3 Å². The number of aryl methyl sites for hydroxylation is 1. The fraction of sp³-hybridized carbons (Fsp3) is 0.500. The van der Waals surface area contributed by atoms with Gasteiger partial charge in [-0.2, -0.15) is 0 Å². The van der Waals surface area contributed by atoms with Crippen LogP contribution in [-0.2, 0) is 6.54 Å². The maximum Gasteiger partial charge on any atom is 0.203 e. The highest BCUT2D eigenvalue weighted by molar-refractivity contribution is 7.10. The van der Waals surface area contributed by atoms with Gasteiger partial charge in [-0.15, -0.1) is 11.3 Å². The van der Waals surface area contributed by atoms with Crippen LogP contribution in [0.25, 0.3) is 0 Å². The summed E-state index contributed by atoms with van der Waals surface area (Å²) >= 11 is 1.78. The molecule has 0 saturated heterocycles. The second-order valence-electron chi connectivity index (χ2n) is 5.13. The van der Waals surface area contributed by atoms with E-state index in [1.807, 2.05) is 6.92 Å². The number of aromatic nitrogens is 2. The molecule has 2 heterocycles. The Bertz CT molecular complexity index is 485. The fourth-order valence-electron chi connectivity index (χ4n) is 2.00. The van der Waals surface area contributed by atoms with E-state index >= 15 is 0 Å². The SMILES string of the molecule is Cc1cn(CC(C)C)c(NC(C)c2cccs2)n1. The fourth-order valence-corrected chi connectivity index (χ4v) is 2.73. The highest BCUT2D eigenvalue weighted by Gasteiger charge is 2.12. The van der Waals surface area contributed by atoms with Crippen molar-refractivity contribution in [2.45, 2.75) is 40.3 Å². The van der Waals surface area contributed by atoms with Gasteiger partial charge in [0.05, 0.1) is 11.7 Å². The van der Waals surface area contributed by atoms with Crippen molar-refractivity contribution < 1.29 is 0 Å². The Morgan fingerprint density at radius 3 is 2.78 bits per heavy atom. The van der Waals surface area contributed by atoms with Crippen molar-refractivity contribution in [2.24, 2.45) is 5.92 Å². The Labute approximate surface area is 113 Å². The maximum atomic E-state index is 4.57. The third-order valence-electron chi connectivity index (χ3n) is 2.77. The lowest BCUT2D eigenvalue weighted by atomic mass is 10.2. The number of hydrogen-bond acceptors (Lipinski definition) is 3. The van der Waals surface area contributed by atoms with Gasteiger partial charge < -0.3 is 9.88 Å². The van der Waals surface area contributed by atoms with Crippen molar-refractivity contribution in [3.05, 3.63) is 34.3 Å². The first-order chi connectivity index (χ1) is 8.56. The summed E-state index contributed by atoms with van der Waals surface area (Å²) in [5, 5.41) is 5.61. The Morgan fingerprint density at radius 1 is 1.39 bits per heavy atom. The molecule has 0 aliphatic carbocycles. The number of thiophene rings is 1. The number of rotatable bonds is 5. The molecule has 1 unspecified atom stereocenters. The monoisotopic (exact) mass is 263 g/mol. The van der Waals surface area contributed by atoms with E-state index < -0.39 is 0 Å². The molecular weight excluding hydrogens is 242 g/mol. The highest BCUT2D eigenvalue weighted by Crippen LogP contribution is 2.23. The molecule has 4 heteroatoms. The molecular formula is C14H21N3S. The molecule has 2 rings (SSSR count). The van der Waals surface area contributed by atoms with Gasteiger partial charge in [0.25, 0.3) is 0 Å². The lowest BCUT2D eigenvalue weighted by molar-refractivity contribution is 0.524. The van der Waals surface area contributed by atoms with E-state index in [1.54, 1.807) is 11.3 Å². The van der Waals surface area contributed by atoms with Crippen LogP contribution >= 0.6 is 11.3 Å². The van der Waals surface area contributed by atoms with E-state index in [1.165, 1.54) is 4.88 Å². The van der Waals surface area contributed by atoms with Crippen molar-refractivity contribution >= 4 is 17.3 Å². The van der Waals surface area contributed by atoms with E-state index in [9.17, 15) is 0 Å². The molecule has 0 saturated carbocycles. The molecule has 0 fully saturated rings. The number of hydrogen-bond donors (Lipinski definition) is 1. The summed E-state index contributed by atoms with van der Waals surface area (Å²) in [5.74, 6) is 1.60.